The Kier molecular flexibility index (Phi) is 5.51. The number of carboxylic acid groups (broad SMARTS) is 1. The summed E-state index contributed by atoms with van der Waals surface area (Å²) in [4.78, 5) is 23.2. The third kappa shape index (κ3) is 4.06. The van der Waals surface area contributed by atoms with Crippen LogP contribution >= 0.6 is 0 Å². The molecule has 0 aliphatic rings. The van der Waals surface area contributed by atoms with E-state index in [2.05, 4.69) is 5.32 Å². The second-order valence-electron chi connectivity index (χ2n) is 4.41. The molecule has 0 aliphatic heterocycles. The van der Waals surface area contributed by atoms with Gasteiger partial charge in [0.1, 0.15) is 6.04 Å². The number of carbonyl (C=O) groups is 2. The van der Waals surface area contributed by atoms with E-state index < -0.39 is 12.0 Å². The molecule has 5 heteroatoms. The number of carboxylic acids is 1. The smallest absolute Gasteiger partial charge is 0.326 e. The molecule has 0 bridgehead atoms. The molecule has 0 aliphatic carbocycles. The quantitative estimate of drug-likeness (QED) is 0.817. The number of hydrogen-bond donors (Lipinski definition) is 2. The zero-order chi connectivity index (χ0) is 14.4. The average Bonchev–Trinajstić information content (AvgIpc) is 2.33. The Balaban J connectivity index is 2.85. The number of carbonyl (C=O) groups excluding carboxylic acids is 1. The highest BCUT2D eigenvalue weighted by Gasteiger charge is 2.21. The highest BCUT2D eigenvalue weighted by atomic mass is 16.5. The Morgan fingerprint density at radius 3 is 2.37 bits per heavy atom. The predicted molar refractivity (Wildman–Crippen MR) is 71.3 cm³/mol. The van der Waals surface area contributed by atoms with Crippen LogP contribution in [-0.2, 0) is 9.53 Å². The highest BCUT2D eigenvalue weighted by molar-refractivity contribution is 5.99. The summed E-state index contributed by atoms with van der Waals surface area (Å²) in [5.41, 5.74) is 2.19. The van der Waals surface area contributed by atoms with Crippen LogP contribution < -0.4 is 5.32 Å². The van der Waals surface area contributed by atoms with E-state index in [-0.39, 0.29) is 18.9 Å². The minimum atomic E-state index is -1.06. The molecule has 104 valence electrons. The third-order valence-electron chi connectivity index (χ3n) is 2.92. The fraction of sp³-hybridized carbons (Fsp3) is 0.429. The van der Waals surface area contributed by atoms with Gasteiger partial charge in [-0.25, -0.2) is 4.79 Å². The molecule has 2 N–H and O–H groups in total. The highest BCUT2D eigenvalue weighted by Crippen LogP contribution is 2.13. The summed E-state index contributed by atoms with van der Waals surface area (Å²) in [6, 6.07) is 4.58. The number of aryl methyl sites for hydroxylation is 2. The molecule has 0 spiro atoms. The van der Waals surface area contributed by atoms with Gasteiger partial charge in [0.15, 0.2) is 0 Å². The van der Waals surface area contributed by atoms with Gasteiger partial charge in [0.2, 0.25) is 0 Å². The molecular weight excluding hydrogens is 246 g/mol. The molecule has 1 amide bonds. The van der Waals surface area contributed by atoms with Gasteiger partial charge in [-0.15, -0.1) is 0 Å². The second kappa shape index (κ2) is 6.89. The van der Waals surface area contributed by atoms with Crippen LogP contribution in [0.5, 0.6) is 0 Å². The van der Waals surface area contributed by atoms with Crippen molar-refractivity contribution in [3.05, 3.63) is 34.9 Å². The van der Waals surface area contributed by atoms with Gasteiger partial charge in [-0.05, 0) is 25.0 Å². The van der Waals surface area contributed by atoms with E-state index in [9.17, 15) is 9.59 Å². The summed E-state index contributed by atoms with van der Waals surface area (Å²) >= 11 is 0. The lowest BCUT2D eigenvalue weighted by Crippen LogP contribution is -2.42. The van der Waals surface area contributed by atoms with Crippen molar-refractivity contribution in [1.82, 2.24) is 5.32 Å². The zero-order valence-electron chi connectivity index (χ0n) is 11.4. The minimum absolute atomic E-state index is 0.239. The van der Waals surface area contributed by atoms with E-state index in [1.807, 2.05) is 32.0 Å². The van der Waals surface area contributed by atoms with Crippen molar-refractivity contribution in [2.75, 3.05) is 13.7 Å². The van der Waals surface area contributed by atoms with Crippen LogP contribution in [0.1, 0.15) is 27.9 Å². The SMILES string of the molecule is COCCC(NC(=O)c1c(C)cccc1C)C(=O)O. The molecule has 1 unspecified atom stereocenters. The minimum Gasteiger partial charge on any atom is -0.480 e. The zero-order valence-corrected chi connectivity index (χ0v) is 11.4. The lowest BCUT2D eigenvalue weighted by atomic mass is 10.0. The van der Waals surface area contributed by atoms with Crippen LogP contribution in [0.3, 0.4) is 0 Å². The van der Waals surface area contributed by atoms with Crippen LogP contribution in [0, 0.1) is 13.8 Å². The number of aliphatic carboxylic acids is 1. The molecule has 5 nitrogen and oxygen atoms in total. The first-order valence-electron chi connectivity index (χ1n) is 6.06. The van der Waals surface area contributed by atoms with E-state index >= 15 is 0 Å². The fourth-order valence-corrected chi connectivity index (χ4v) is 1.90. The first kappa shape index (κ1) is 15.2. The van der Waals surface area contributed by atoms with Crippen LogP contribution in [0.15, 0.2) is 18.2 Å². The molecule has 0 fully saturated rings. The monoisotopic (exact) mass is 265 g/mol. The normalized spacial score (nSPS) is 11.9. The first-order valence-corrected chi connectivity index (χ1v) is 6.06. The summed E-state index contributed by atoms with van der Waals surface area (Å²) in [6.45, 7) is 3.93. The molecular formula is C14H19NO4. The lowest BCUT2D eigenvalue weighted by Gasteiger charge is -2.16. The number of hydrogen-bond acceptors (Lipinski definition) is 3. The van der Waals surface area contributed by atoms with Crippen molar-refractivity contribution in [1.29, 1.82) is 0 Å². The number of rotatable bonds is 6. The van der Waals surface area contributed by atoms with Crippen LogP contribution in [0.25, 0.3) is 0 Å². The number of benzene rings is 1. The largest absolute Gasteiger partial charge is 0.480 e. The standard InChI is InChI=1S/C14H19NO4/c1-9-5-4-6-10(2)12(9)13(16)15-11(14(17)18)7-8-19-3/h4-6,11H,7-8H2,1-3H3,(H,15,16)(H,17,18). The van der Waals surface area contributed by atoms with Crippen LogP contribution in [0.2, 0.25) is 0 Å². The van der Waals surface area contributed by atoms with Gasteiger partial charge >= 0.3 is 5.97 Å². The molecule has 19 heavy (non-hydrogen) atoms. The number of ether oxygens (including phenoxy) is 1. The van der Waals surface area contributed by atoms with E-state index in [1.54, 1.807) is 0 Å². The predicted octanol–water partition coefficient (Wildman–Crippen LogP) is 1.52. The number of amides is 1. The maximum atomic E-state index is 12.1. The number of nitrogens with one attached hydrogen (secondary N) is 1. The Bertz CT molecular complexity index is 450. The molecule has 0 saturated carbocycles. The van der Waals surface area contributed by atoms with E-state index in [0.717, 1.165) is 11.1 Å². The summed E-state index contributed by atoms with van der Waals surface area (Å²) in [7, 11) is 1.49. The molecule has 0 radical (unpaired) electrons. The van der Waals surface area contributed by atoms with Gasteiger partial charge in [-0.2, -0.15) is 0 Å². The molecule has 0 saturated heterocycles. The number of methoxy groups -OCH3 is 1. The summed E-state index contributed by atoms with van der Waals surface area (Å²) in [6.07, 6.45) is 0.239. The van der Waals surface area contributed by atoms with Gasteiger partial charge in [-0.1, -0.05) is 18.2 Å². The lowest BCUT2D eigenvalue weighted by molar-refractivity contribution is -0.139. The fourth-order valence-electron chi connectivity index (χ4n) is 1.90. The molecule has 1 aromatic carbocycles. The Morgan fingerprint density at radius 1 is 1.32 bits per heavy atom. The van der Waals surface area contributed by atoms with Gasteiger partial charge in [-0.3, -0.25) is 4.79 Å². The molecule has 0 heterocycles. The second-order valence-corrected chi connectivity index (χ2v) is 4.41. The van der Waals surface area contributed by atoms with Gasteiger partial charge in [0.25, 0.3) is 5.91 Å². The Labute approximate surface area is 112 Å². The molecule has 1 aromatic rings. The maximum Gasteiger partial charge on any atom is 0.326 e. The van der Waals surface area contributed by atoms with Gasteiger partial charge < -0.3 is 15.2 Å². The van der Waals surface area contributed by atoms with Crippen molar-refractivity contribution in [3.8, 4) is 0 Å². The van der Waals surface area contributed by atoms with Crippen molar-refractivity contribution in [3.63, 3.8) is 0 Å². The summed E-state index contributed by atoms with van der Waals surface area (Å²) < 4.78 is 4.84. The van der Waals surface area contributed by atoms with Crippen molar-refractivity contribution >= 4 is 11.9 Å². The van der Waals surface area contributed by atoms with Crippen molar-refractivity contribution in [2.45, 2.75) is 26.3 Å². The van der Waals surface area contributed by atoms with Crippen LogP contribution in [-0.4, -0.2) is 36.7 Å². The first-order chi connectivity index (χ1) is 8.97. The maximum absolute atomic E-state index is 12.1. The van der Waals surface area contributed by atoms with E-state index in [1.165, 1.54) is 7.11 Å². The molecule has 1 rings (SSSR count). The van der Waals surface area contributed by atoms with Crippen molar-refractivity contribution in [2.24, 2.45) is 0 Å². The molecule has 0 aromatic heterocycles. The van der Waals surface area contributed by atoms with E-state index in [0.29, 0.717) is 5.56 Å². The topological polar surface area (TPSA) is 75.6 Å². The van der Waals surface area contributed by atoms with Crippen molar-refractivity contribution < 1.29 is 19.4 Å². The third-order valence-corrected chi connectivity index (χ3v) is 2.92. The van der Waals surface area contributed by atoms with Crippen LogP contribution in [0.4, 0.5) is 0 Å². The van der Waals surface area contributed by atoms with Gasteiger partial charge in [0, 0.05) is 25.7 Å². The average molecular weight is 265 g/mol. The van der Waals surface area contributed by atoms with Gasteiger partial charge in [0.05, 0.1) is 0 Å². The van der Waals surface area contributed by atoms with E-state index in [4.69, 9.17) is 9.84 Å². The summed E-state index contributed by atoms with van der Waals surface area (Å²) in [5, 5.41) is 11.6. The Morgan fingerprint density at radius 2 is 1.89 bits per heavy atom. The summed E-state index contributed by atoms with van der Waals surface area (Å²) in [5.74, 6) is -1.42. The Hall–Kier alpha value is -1.88. The molecule has 1 atom stereocenters.